The van der Waals surface area contributed by atoms with Crippen LogP contribution in [0.15, 0.2) is 36.4 Å². The molecule has 2 nitrogen and oxygen atoms in total. The first kappa shape index (κ1) is 15.3. The number of benzene rings is 2. The maximum atomic E-state index is 9.77. The number of phenols is 1. The molecular weight excluding hydrogens is 476 g/mol. The zero-order valence-corrected chi connectivity index (χ0v) is 15.0. The number of rotatable bonds is 2. The van der Waals surface area contributed by atoms with E-state index in [1.165, 1.54) is 5.56 Å². The van der Waals surface area contributed by atoms with Crippen LogP contribution in [0.4, 0.5) is 0 Å². The van der Waals surface area contributed by atoms with Crippen LogP contribution in [0.3, 0.4) is 0 Å². The van der Waals surface area contributed by atoms with Crippen molar-refractivity contribution in [2.24, 2.45) is 0 Å². The van der Waals surface area contributed by atoms with Crippen molar-refractivity contribution >= 4 is 56.8 Å². The minimum Gasteiger partial charge on any atom is -0.506 e. The monoisotopic (exact) mass is 487 g/mol. The average Bonchev–Trinajstić information content (AvgIpc) is 2.43. The van der Waals surface area contributed by atoms with Gasteiger partial charge in [0.15, 0.2) is 0 Å². The van der Waals surface area contributed by atoms with E-state index in [9.17, 15) is 10.4 Å². The summed E-state index contributed by atoms with van der Waals surface area (Å²) in [5.41, 5.74) is 3.59. The molecule has 0 aromatic heterocycles. The summed E-state index contributed by atoms with van der Waals surface area (Å²) in [6.07, 6.45) is 1.84. The number of allylic oxidation sites excluding steroid dienone is 1. The van der Waals surface area contributed by atoms with Gasteiger partial charge in [0.25, 0.3) is 0 Å². The van der Waals surface area contributed by atoms with E-state index in [1.54, 1.807) is 0 Å². The molecule has 1 N–H and O–H groups in total. The molecule has 0 heterocycles. The third-order valence-corrected chi connectivity index (χ3v) is 4.48. The summed E-state index contributed by atoms with van der Waals surface area (Å²) in [4.78, 5) is 0. The standard InChI is InChI=1S/C16H11I2NO/c1-10-2-4-12(5-3-10)13(9-19)6-11-7-14(17)16(20)15(18)8-11/h2-8,20H,1H3/b13-6-. The predicted octanol–water partition coefficient (Wildman–Crippen LogP) is 4.97. The molecule has 4 heteroatoms. The molecule has 0 saturated heterocycles. The Labute approximate surface area is 145 Å². The van der Waals surface area contributed by atoms with Crippen LogP contribution < -0.4 is 0 Å². The van der Waals surface area contributed by atoms with Gasteiger partial charge in [-0.3, -0.25) is 0 Å². The van der Waals surface area contributed by atoms with Crippen molar-refractivity contribution in [2.75, 3.05) is 0 Å². The molecule has 0 aliphatic heterocycles. The number of nitrogens with zero attached hydrogens (tertiary/aromatic N) is 1. The summed E-state index contributed by atoms with van der Waals surface area (Å²) in [5.74, 6) is 0.289. The molecule has 0 unspecified atom stereocenters. The molecule has 0 saturated carbocycles. The van der Waals surface area contributed by atoms with Gasteiger partial charge in [-0.15, -0.1) is 0 Å². The number of hydrogen-bond donors (Lipinski definition) is 1. The second-order valence-electron chi connectivity index (χ2n) is 4.37. The van der Waals surface area contributed by atoms with Gasteiger partial charge in [0.05, 0.1) is 18.8 Å². The maximum absolute atomic E-state index is 9.77. The van der Waals surface area contributed by atoms with Gasteiger partial charge in [-0.05, 0) is 81.4 Å². The van der Waals surface area contributed by atoms with Crippen molar-refractivity contribution in [2.45, 2.75) is 6.92 Å². The molecule has 2 aromatic rings. The minimum absolute atomic E-state index is 0.289. The SMILES string of the molecule is Cc1ccc(/C(C#N)=C\c2cc(I)c(O)c(I)c2)cc1. The van der Waals surface area contributed by atoms with Crippen molar-refractivity contribution in [1.29, 1.82) is 5.26 Å². The zero-order valence-electron chi connectivity index (χ0n) is 10.7. The van der Waals surface area contributed by atoms with Gasteiger partial charge in [-0.1, -0.05) is 29.8 Å². The third kappa shape index (κ3) is 3.52. The Kier molecular flexibility index (Phi) is 5.05. The Morgan fingerprint density at radius 1 is 1.15 bits per heavy atom. The van der Waals surface area contributed by atoms with Gasteiger partial charge in [0.1, 0.15) is 5.75 Å². The Morgan fingerprint density at radius 2 is 1.70 bits per heavy atom. The fourth-order valence-electron chi connectivity index (χ4n) is 1.75. The summed E-state index contributed by atoms with van der Waals surface area (Å²) >= 11 is 4.17. The molecule has 100 valence electrons. The average molecular weight is 487 g/mol. The van der Waals surface area contributed by atoms with Crippen LogP contribution in [-0.2, 0) is 0 Å². The van der Waals surface area contributed by atoms with Crippen LogP contribution in [0.5, 0.6) is 5.75 Å². The number of nitriles is 1. The predicted molar refractivity (Wildman–Crippen MR) is 98.2 cm³/mol. The zero-order chi connectivity index (χ0) is 14.7. The lowest BCUT2D eigenvalue weighted by Crippen LogP contribution is -1.86. The number of halogens is 2. The molecule has 2 rings (SSSR count). The first-order chi connectivity index (χ1) is 9.51. The summed E-state index contributed by atoms with van der Waals surface area (Å²) < 4.78 is 1.56. The molecular formula is C16H11I2NO. The topological polar surface area (TPSA) is 44.0 Å². The van der Waals surface area contributed by atoms with Crippen molar-refractivity contribution in [3.8, 4) is 11.8 Å². The quantitative estimate of drug-likeness (QED) is 0.370. The van der Waals surface area contributed by atoms with Crippen molar-refractivity contribution < 1.29 is 5.11 Å². The summed E-state index contributed by atoms with van der Waals surface area (Å²) in [5, 5.41) is 19.1. The van der Waals surface area contributed by atoms with E-state index < -0.39 is 0 Å². The first-order valence-corrected chi connectivity index (χ1v) is 8.04. The number of aromatic hydroxyl groups is 1. The van der Waals surface area contributed by atoms with Crippen LogP contribution >= 0.6 is 45.2 Å². The molecule has 20 heavy (non-hydrogen) atoms. The lowest BCUT2D eigenvalue weighted by Gasteiger charge is -2.04. The molecule has 2 aromatic carbocycles. The Bertz CT molecular complexity index is 689. The van der Waals surface area contributed by atoms with E-state index in [4.69, 9.17) is 0 Å². The van der Waals surface area contributed by atoms with Gasteiger partial charge >= 0.3 is 0 Å². The fraction of sp³-hybridized carbons (Fsp3) is 0.0625. The van der Waals surface area contributed by atoms with Gasteiger partial charge in [-0.25, -0.2) is 0 Å². The Morgan fingerprint density at radius 3 is 2.20 bits per heavy atom. The highest BCUT2D eigenvalue weighted by atomic mass is 127. The minimum atomic E-state index is 0.289. The van der Waals surface area contributed by atoms with Gasteiger partial charge in [-0.2, -0.15) is 5.26 Å². The van der Waals surface area contributed by atoms with Crippen molar-refractivity contribution in [3.63, 3.8) is 0 Å². The molecule has 0 spiro atoms. The normalized spacial score (nSPS) is 11.2. The molecule has 0 fully saturated rings. The summed E-state index contributed by atoms with van der Waals surface area (Å²) in [7, 11) is 0. The summed E-state index contributed by atoms with van der Waals surface area (Å²) in [6.45, 7) is 2.02. The summed E-state index contributed by atoms with van der Waals surface area (Å²) in [6, 6.07) is 13.8. The lowest BCUT2D eigenvalue weighted by atomic mass is 10.0. The van der Waals surface area contributed by atoms with Crippen LogP contribution in [0.25, 0.3) is 11.6 Å². The molecule has 0 atom stereocenters. The smallest absolute Gasteiger partial charge is 0.142 e. The van der Waals surface area contributed by atoms with E-state index in [-0.39, 0.29) is 5.75 Å². The van der Waals surface area contributed by atoms with Gasteiger partial charge < -0.3 is 5.11 Å². The van der Waals surface area contributed by atoms with E-state index in [0.29, 0.717) is 5.57 Å². The first-order valence-electron chi connectivity index (χ1n) is 5.88. The van der Waals surface area contributed by atoms with Gasteiger partial charge in [0, 0.05) is 0 Å². The van der Waals surface area contributed by atoms with E-state index >= 15 is 0 Å². The van der Waals surface area contributed by atoms with Crippen molar-refractivity contribution in [3.05, 3.63) is 60.2 Å². The highest BCUT2D eigenvalue weighted by molar-refractivity contribution is 14.1. The highest BCUT2D eigenvalue weighted by Gasteiger charge is 2.06. The number of aryl methyl sites for hydroxylation is 1. The number of phenolic OH excluding ortho intramolecular Hbond substituents is 1. The largest absolute Gasteiger partial charge is 0.506 e. The lowest BCUT2D eigenvalue weighted by molar-refractivity contribution is 0.467. The van der Waals surface area contributed by atoms with E-state index in [0.717, 1.165) is 18.3 Å². The van der Waals surface area contributed by atoms with E-state index in [2.05, 4.69) is 51.3 Å². The molecule has 0 radical (unpaired) electrons. The fourth-order valence-corrected chi connectivity index (χ4v) is 3.56. The van der Waals surface area contributed by atoms with E-state index in [1.807, 2.05) is 49.4 Å². The van der Waals surface area contributed by atoms with Crippen molar-refractivity contribution in [1.82, 2.24) is 0 Å². The van der Waals surface area contributed by atoms with Crippen LogP contribution in [0, 0.1) is 25.4 Å². The maximum Gasteiger partial charge on any atom is 0.142 e. The second kappa shape index (κ2) is 6.59. The third-order valence-electron chi connectivity index (χ3n) is 2.83. The molecule has 0 bridgehead atoms. The molecule has 0 amide bonds. The van der Waals surface area contributed by atoms with Gasteiger partial charge in [0.2, 0.25) is 0 Å². The Hall–Kier alpha value is -1.07. The number of hydrogen-bond acceptors (Lipinski definition) is 2. The molecule has 0 aliphatic carbocycles. The highest BCUT2D eigenvalue weighted by Crippen LogP contribution is 2.29. The molecule has 0 aliphatic rings. The van der Waals surface area contributed by atoms with Crippen LogP contribution in [0.1, 0.15) is 16.7 Å². The second-order valence-corrected chi connectivity index (χ2v) is 6.69. The van der Waals surface area contributed by atoms with Crippen LogP contribution in [0.2, 0.25) is 0 Å². The van der Waals surface area contributed by atoms with Crippen LogP contribution in [-0.4, -0.2) is 5.11 Å². The Balaban J connectivity index is 2.47.